The maximum atomic E-state index is 11.9. The van der Waals surface area contributed by atoms with Crippen LogP contribution >= 0.6 is 22.7 Å². The van der Waals surface area contributed by atoms with Gasteiger partial charge in [0.1, 0.15) is 0 Å². The molecule has 0 aliphatic carbocycles. The fraction of sp³-hybridized carbons (Fsp3) is 0.353. The van der Waals surface area contributed by atoms with Crippen molar-refractivity contribution in [1.82, 2.24) is 5.32 Å². The number of hydrogen-bond donors (Lipinski definition) is 1. The van der Waals surface area contributed by atoms with Crippen LogP contribution in [0.25, 0.3) is 0 Å². The third-order valence-electron chi connectivity index (χ3n) is 3.27. The van der Waals surface area contributed by atoms with Crippen molar-refractivity contribution in [2.24, 2.45) is 0 Å². The van der Waals surface area contributed by atoms with Crippen molar-refractivity contribution >= 4 is 40.3 Å². The van der Waals surface area contributed by atoms with Gasteiger partial charge in [0.2, 0.25) is 0 Å². The van der Waals surface area contributed by atoms with Crippen LogP contribution in [-0.4, -0.2) is 23.8 Å². The highest BCUT2D eigenvalue weighted by molar-refractivity contribution is 7.14. The first kappa shape index (κ1) is 18.4. The summed E-state index contributed by atoms with van der Waals surface area (Å²) in [5, 5.41) is 4.64. The van der Waals surface area contributed by atoms with Gasteiger partial charge >= 0.3 is 5.97 Å². The summed E-state index contributed by atoms with van der Waals surface area (Å²) in [7, 11) is 0. The zero-order valence-electron chi connectivity index (χ0n) is 13.5. The number of amides is 1. The van der Waals surface area contributed by atoms with E-state index in [2.05, 4.69) is 5.32 Å². The van der Waals surface area contributed by atoms with Gasteiger partial charge in [-0.25, -0.2) is 0 Å². The molecule has 5 nitrogen and oxygen atoms in total. The van der Waals surface area contributed by atoms with Crippen LogP contribution in [-0.2, 0) is 20.9 Å². The fourth-order valence-electron chi connectivity index (χ4n) is 1.96. The average molecular weight is 365 g/mol. The Kier molecular flexibility index (Phi) is 6.69. The van der Waals surface area contributed by atoms with Gasteiger partial charge in [-0.3, -0.25) is 14.4 Å². The number of aryl methyl sites for hydroxylation is 1. The minimum Gasteiger partial charge on any atom is -0.453 e. The van der Waals surface area contributed by atoms with E-state index in [1.807, 2.05) is 30.5 Å². The second kappa shape index (κ2) is 8.75. The van der Waals surface area contributed by atoms with Gasteiger partial charge in [-0.2, -0.15) is 0 Å². The maximum absolute atomic E-state index is 11.9. The summed E-state index contributed by atoms with van der Waals surface area (Å²) in [4.78, 5) is 38.3. The minimum absolute atomic E-state index is 0.0294. The highest BCUT2D eigenvalue weighted by Crippen LogP contribution is 2.17. The zero-order valence-corrected chi connectivity index (χ0v) is 15.2. The molecule has 0 radical (unpaired) electrons. The second-order valence-electron chi connectivity index (χ2n) is 5.26. The highest BCUT2D eigenvalue weighted by atomic mass is 32.1. The van der Waals surface area contributed by atoms with E-state index in [0.717, 1.165) is 9.75 Å². The molecule has 2 aromatic rings. The van der Waals surface area contributed by atoms with Crippen LogP contribution in [0.2, 0.25) is 0 Å². The summed E-state index contributed by atoms with van der Waals surface area (Å²) in [5.41, 5.74) is 0. The Bertz CT molecular complexity index is 706. The van der Waals surface area contributed by atoms with E-state index in [1.54, 1.807) is 17.4 Å². The second-order valence-corrected chi connectivity index (χ2v) is 7.58. The van der Waals surface area contributed by atoms with Gasteiger partial charge in [-0.1, -0.05) is 6.07 Å². The van der Waals surface area contributed by atoms with Crippen molar-refractivity contribution in [2.75, 3.05) is 0 Å². The number of hydrogen-bond acceptors (Lipinski definition) is 6. The van der Waals surface area contributed by atoms with Crippen molar-refractivity contribution in [3.05, 3.63) is 44.3 Å². The molecule has 1 N–H and O–H groups in total. The molecule has 1 amide bonds. The molecule has 2 heterocycles. The van der Waals surface area contributed by atoms with E-state index in [9.17, 15) is 14.4 Å². The molecule has 0 aliphatic rings. The van der Waals surface area contributed by atoms with Crippen LogP contribution in [0.5, 0.6) is 0 Å². The monoisotopic (exact) mass is 365 g/mol. The van der Waals surface area contributed by atoms with Crippen LogP contribution in [0.3, 0.4) is 0 Å². The van der Waals surface area contributed by atoms with E-state index in [0.29, 0.717) is 11.4 Å². The molecular formula is C17H19NO4S2. The first-order valence-electron chi connectivity index (χ1n) is 7.55. The first-order valence-corrected chi connectivity index (χ1v) is 9.24. The van der Waals surface area contributed by atoms with Crippen molar-refractivity contribution in [3.63, 3.8) is 0 Å². The normalized spacial score (nSPS) is 11.8. The largest absolute Gasteiger partial charge is 0.453 e. The summed E-state index contributed by atoms with van der Waals surface area (Å²) in [5.74, 6) is -0.979. The Balaban J connectivity index is 1.70. The minimum atomic E-state index is -0.878. The number of ketones is 1. The Morgan fingerprint density at radius 1 is 1.21 bits per heavy atom. The SMILES string of the molecule is Cc1ccc(C(=O)CCC(=O)O[C@H](C)C(=O)NCc2cccs2)s1. The quantitative estimate of drug-likeness (QED) is 0.575. The van der Waals surface area contributed by atoms with Gasteiger partial charge in [0.15, 0.2) is 11.9 Å². The molecule has 0 spiro atoms. The Hall–Kier alpha value is -1.99. The van der Waals surface area contributed by atoms with E-state index < -0.39 is 12.1 Å². The molecule has 7 heteroatoms. The van der Waals surface area contributed by atoms with Gasteiger partial charge in [0, 0.05) is 16.2 Å². The van der Waals surface area contributed by atoms with Crippen molar-refractivity contribution in [1.29, 1.82) is 0 Å². The molecule has 1 atom stereocenters. The number of nitrogens with one attached hydrogen (secondary N) is 1. The number of carbonyl (C=O) groups excluding carboxylic acids is 3. The van der Waals surface area contributed by atoms with Gasteiger partial charge < -0.3 is 10.1 Å². The lowest BCUT2D eigenvalue weighted by atomic mass is 10.2. The number of thiophene rings is 2. The molecule has 0 saturated heterocycles. The lowest BCUT2D eigenvalue weighted by molar-refractivity contribution is -0.154. The fourth-order valence-corrected chi connectivity index (χ4v) is 3.44. The predicted molar refractivity (Wildman–Crippen MR) is 94.3 cm³/mol. The number of carbonyl (C=O) groups is 3. The Morgan fingerprint density at radius 3 is 2.62 bits per heavy atom. The summed E-state index contributed by atoms with van der Waals surface area (Å²) in [6.45, 7) is 3.85. The molecule has 0 bridgehead atoms. The van der Waals surface area contributed by atoms with Crippen LogP contribution in [0.15, 0.2) is 29.6 Å². The van der Waals surface area contributed by atoms with Crippen molar-refractivity contribution in [3.8, 4) is 0 Å². The zero-order chi connectivity index (χ0) is 17.5. The predicted octanol–water partition coefficient (Wildman–Crippen LogP) is 3.33. The first-order chi connectivity index (χ1) is 11.5. The van der Waals surface area contributed by atoms with Gasteiger partial charge in [-0.15, -0.1) is 22.7 Å². The van der Waals surface area contributed by atoms with Crippen LogP contribution in [0.4, 0.5) is 0 Å². The van der Waals surface area contributed by atoms with Crippen LogP contribution in [0.1, 0.15) is 39.2 Å². The van der Waals surface area contributed by atoms with E-state index >= 15 is 0 Å². The smallest absolute Gasteiger partial charge is 0.307 e. The summed E-state index contributed by atoms with van der Waals surface area (Å²) >= 11 is 2.95. The van der Waals surface area contributed by atoms with Gasteiger partial charge in [0.05, 0.1) is 17.8 Å². The van der Waals surface area contributed by atoms with Crippen LogP contribution < -0.4 is 5.32 Å². The molecule has 0 unspecified atom stereocenters. The molecule has 0 aliphatic heterocycles. The average Bonchev–Trinajstić information content (AvgIpc) is 3.21. The summed E-state index contributed by atoms with van der Waals surface area (Å²) in [6.07, 6.45) is -0.822. The maximum Gasteiger partial charge on any atom is 0.307 e. The molecule has 0 fully saturated rings. The van der Waals surface area contributed by atoms with Crippen molar-refractivity contribution < 1.29 is 19.1 Å². The third kappa shape index (κ3) is 5.58. The molecule has 2 aromatic heterocycles. The number of Topliss-reactive ketones (excluding diaryl/α,β-unsaturated/α-hetero) is 1. The topological polar surface area (TPSA) is 72.5 Å². The van der Waals surface area contributed by atoms with E-state index in [4.69, 9.17) is 4.74 Å². The molecule has 2 rings (SSSR count). The van der Waals surface area contributed by atoms with Crippen LogP contribution in [0, 0.1) is 6.92 Å². The third-order valence-corrected chi connectivity index (χ3v) is 5.18. The van der Waals surface area contributed by atoms with Crippen molar-refractivity contribution in [2.45, 2.75) is 39.3 Å². The summed E-state index contributed by atoms with van der Waals surface area (Å²) in [6, 6.07) is 7.45. The van der Waals surface area contributed by atoms with Gasteiger partial charge in [-0.05, 0) is 37.4 Å². The number of esters is 1. The lowest BCUT2D eigenvalue weighted by Crippen LogP contribution is -2.35. The lowest BCUT2D eigenvalue weighted by Gasteiger charge is -2.13. The molecule has 128 valence electrons. The number of ether oxygens (including phenoxy) is 1. The standard InChI is InChI=1S/C17H19NO4S2/c1-11-5-7-15(24-11)14(19)6-8-16(20)22-12(2)17(21)18-10-13-4-3-9-23-13/h3-5,7,9,12H,6,8,10H2,1-2H3,(H,18,21)/t12-/m1/s1. The number of rotatable bonds is 8. The Labute approximate surface area is 148 Å². The molecule has 24 heavy (non-hydrogen) atoms. The van der Waals surface area contributed by atoms with E-state index in [1.165, 1.54) is 18.3 Å². The Morgan fingerprint density at radius 2 is 2.00 bits per heavy atom. The highest BCUT2D eigenvalue weighted by Gasteiger charge is 2.19. The molecular weight excluding hydrogens is 346 g/mol. The molecule has 0 aromatic carbocycles. The van der Waals surface area contributed by atoms with E-state index in [-0.39, 0.29) is 24.5 Å². The summed E-state index contributed by atoms with van der Waals surface area (Å²) < 4.78 is 5.08. The molecule has 0 saturated carbocycles. The van der Waals surface area contributed by atoms with Gasteiger partial charge in [0.25, 0.3) is 5.91 Å².